The highest BCUT2D eigenvalue weighted by Crippen LogP contribution is 2.38. The lowest BCUT2D eigenvalue weighted by atomic mass is 10.2. The van der Waals surface area contributed by atoms with Crippen molar-refractivity contribution in [2.24, 2.45) is 0 Å². The second-order valence-corrected chi connectivity index (χ2v) is 4.69. The lowest BCUT2D eigenvalue weighted by Crippen LogP contribution is -2.28. The molecule has 1 aliphatic carbocycles. The smallest absolute Gasteiger partial charge is 0.266 e. The fourth-order valence-corrected chi connectivity index (χ4v) is 2.17. The average molecular weight is 220 g/mol. The SMILES string of the molecule is O=c1ccc(C2CC2)nn1CC1CCCO1. The van der Waals surface area contributed by atoms with Crippen molar-refractivity contribution in [1.82, 2.24) is 9.78 Å². The van der Waals surface area contributed by atoms with Gasteiger partial charge in [-0.2, -0.15) is 5.10 Å². The van der Waals surface area contributed by atoms with Gasteiger partial charge in [-0.1, -0.05) is 0 Å². The first-order chi connectivity index (χ1) is 7.83. The molecule has 4 heteroatoms. The summed E-state index contributed by atoms with van der Waals surface area (Å²) in [7, 11) is 0. The molecule has 1 atom stereocenters. The van der Waals surface area contributed by atoms with Gasteiger partial charge in [0.1, 0.15) is 0 Å². The lowest BCUT2D eigenvalue weighted by Gasteiger charge is -2.11. The standard InChI is InChI=1S/C12H16N2O2/c15-12-6-5-11(9-3-4-9)13-14(12)8-10-2-1-7-16-10/h5-6,9-10H,1-4,7-8H2. The minimum atomic E-state index is -0.0140. The Morgan fingerprint density at radius 1 is 1.38 bits per heavy atom. The predicted molar refractivity (Wildman–Crippen MR) is 59.4 cm³/mol. The monoisotopic (exact) mass is 220 g/mol. The first kappa shape index (κ1) is 10.0. The molecule has 1 aliphatic heterocycles. The second kappa shape index (κ2) is 4.01. The molecule has 3 rings (SSSR count). The van der Waals surface area contributed by atoms with Crippen molar-refractivity contribution in [3.8, 4) is 0 Å². The summed E-state index contributed by atoms with van der Waals surface area (Å²) in [5, 5.41) is 4.42. The van der Waals surface area contributed by atoms with Crippen LogP contribution in [0.15, 0.2) is 16.9 Å². The van der Waals surface area contributed by atoms with Crippen LogP contribution in [0.3, 0.4) is 0 Å². The Morgan fingerprint density at radius 2 is 2.25 bits per heavy atom. The molecule has 16 heavy (non-hydrogen) atoms. The van der Waals surface area contributed by atoms with Gasteiger partial charge >= 0.3 is 0 Å². The van der Waals surface area contributed by atoms with Crippen LogP contribution in [0.25, 0.3) is 0 Å². The number of hydrogen-bond acceptors (Lipinski definition) is 3. The van der Waals surface area contributed by atoms with Crippen LogP contribution in [-0.4, -0.2) is 22.5 Å². The van der Waals surface area contributed by atoms with E-state index >= 15 is 0 Å². The molecule has 0 aromatic carbocycles. The van der Waals surface area contributed by atoms with E-state index in [4.69, 9.17) is 4.74 Å². The first-order valence-corrected chi connectivity index (χ1v) is 6.02. The lowest BCUT2D eigenvalue weighted by molar-refractivity contribution is 0.0925. The third kappa shape index (κ3) is 2.02. The molecule has 0 radical (unpaired) electrons. The predicted octanol–water partition coefficient (Wildman–Crippen LogP) is 1.30. The van der Waals surface area contributed by atoms with E-state index in [1.165, 1.54) is 12.8 Å². The Balaban J connectivity index is 1.80. The summed E-state index contributed by atoms with van der Waals surface area (Å²) in [6.45, 7) is 1.43. The summed E-state index contributed by atoms with van der Waals surface area (Å²) in [5.41, 5.74) is 1.05. The molecule has 1 aromatic heterocycles. The fraction of sp³-hybridized carbons (Fsp3) is 0.667. The molecule has 0 N–H and O–H groups in total. The molecular weight excluding hydrogens is 204 g/mol. The van der Waals surface area contributed by atoms with E-state index in [0.29, 0.717) is 12.5 Å². The van der Waals surface area contributed by atoms with Crippen molar-refractivity contribution in [2.45, 2.75) is 44.2 Å². The van der Waals surface area contributed by atoms with Crippen LogP contribution in [0.1, 0.15) is 37.3 Å². The van der Waals surface area contributed by atoms with E-state index in [1.54, 1.807) is 10.7 Å². The summed E-state index contributed by atoms with van der Waals surface area (Å²) < 4.78 is 7.10. The molecule has 2 fully saturated rings. The van der Waals surface area contributed by atoms with Gasteiger partial charge in [-0.25, -0.2) is 4.68 Å². The normalized spacial score (nSPS) is 24.9. The summed E-state index contributed by atoms with van der Waals surface area (Å²) in [6.07, 6.45) is 4.75. The minimum Gasteiger partial charge on any atom is -0.376 e. The number of ether oxygens (including phenoxy) is 1. The van der Waals surface area contributed by atoms with Gasteiger partial charge in [0.05, 0.1) is 18.3 Å². The Bertz CT molecular complexity index is 431. The fourth-order valence-electron chi connectivity index (χ4n) is 2.17. The highest BCUT2D eigenvalue weighted by molar-refractivity contribution is 5.12. The minimum absolute atomic E-state index is 0.0140. The molecule has 1 unspecified atom stereocenters. The Labute approximate surface area is 94.2 Å². The Morgan fingerprint density at radius 3 is 2.94 bits per heavy atom. The third-order valence-corrected chi connectivity index (χ3v) is 3.28. The van der Waals surface area contributed by atoms with E-state index in [-0.39, 0.29) is 11.7 Å². The van der Waals surface area contributed by atoms with Crippen molar-refractivity contribution >= 4 is 0 Å². The van der Waals surface area contributed by atoms with E-state index < -0.39 is 0 Å². The first-order valence-electron chi connectivity index (χ1n) is 6.02. The zero-order valence-electron chi connectivity index (χ0n) is 9.26. The molecule has 2 heterocycles. The molecular formula is C12H16N2O2. The van der Waals surface area contributed by atoms with Gasteiger partial charge in [0.2, 0.25) is 0 Å². The zero-order valence-corrected chi connectivity index (χ0v) is 9.26. The molecule has 0 spiro atoms. The zero-order chi connectivity index (χ0) is 11.0. The van der Waals surface area contributed by atoms with Gasteiger partial charge in [-0.3, -0.25) is 4.79 Å². The maximum absolute atomic E-state index is 11.6. The quantitative estimate of drug-likeness (QED) is 0.771. The largest absolute Gasteiger partial charge is 0.376 e. The highest BCUT2D eigenvalue weighted by Gasteiger charge is 2.26. The number of nitrogens with zero attached hydrogens (tertiary/aromatic N) is 2. The van der Waals surface area contributed by atoms with Crippen molar-refractivity contribution in [2.75, 3.05) is 6.61 Å². The van der Waals surface area contributed by atoms with Gasteiger partial charge in [-0.15, -0.1) is 0 Å². The summed E-state index contributed by atoms with van der Waals surface area (Å²) in [6, 6.07) is 3.50. The third-order valence-electron chi connectivity index (χ3n) is 3.28. The topological polar surface area (TPSA) is 44.1 Å². The van der Waals surface area contributed by atoms with Gasteiger partial charge in [0.15, 0.2) is 0 Å². The number of hydrogen-bond donors (Lipinski definition) is 0. The van der Waals surface area contributed by atoms with Crippen molar-refractivity contribution in [3.05, 3.63) is 28.2 Å². The summed E-state index contributed by atoms with van der Waals surface area (Å²) in [4.78, 5) is 11.6. The van der Waals surface area contributed by atoms with E-state index in [1.807, 2.05) is 6.07 Å². The van der Waals surface area contributed by atoms with Crippen LogP contribution < -0.4 is 5.56 Å². The maximum Gasteiger partial charge on any atom is 0.266 e. The van der Waals surface area contributed by atoms with Gasteiger partial charge in [0, 0.05) is 18.6 Å². The van der Waals surface area contributed by atoms with Crippen molar-refractivity contribution in [1.29, 1.82) is 0 Å². The molecule has 1 saturated carbocycles. The number of aromatic nitrogens is 2. The Kier molecular flexibility index (Phi) is 2.52. The summed E-state index contributed by atoms with van der Waals surface area (Å²) in [5.74, 6) is 0.594. The maximum atomic E-state index is 11.6. The van der Waals surface area contributed by atoms with Crippen molar-refractivity contribution in [3.63, 3.8) is 0 Å². The molecule has 0 bridgehead atoms. The van der Waals surface area contributed by atoms with E-state index in [0.717, 1.165) is 25.1 Å². The van der Waals surface area contributed by atoms with Crippen LogP contribution in [-0.2, 0) is 11.3 Å². The van der Waals surface area contributed by atoms with Crippen LogP contribution in [0, 0.1) is 0 Å². The van der Waals surface area contributed by atoms with E-state index in [2.05, 4.69) is 5.10 Å². The highest BCUT2D eigenvalue weighted by atomic mass is 16.5. The van der Waals surface area contributed by atoms with Gasteiger partial charge in [-0.05, 0) is 31.7 Å². The number of rotatable bonds is 3. The van der Waals surface area contributed by atoms with Crippen LogP contribution in [0.4, 0.5) is 0 Å². The van der Waals surface area contributed by atoms with Gasteiger partial charge in [0.25, 0.3) is 5.56 Å². The molecule has 4 nitrogen and oxygen atoms in total. The summed E-state index contributed by atoms with van der Waals surface area (Å²) >= 11 is 0. The van der Waals surface area contributed by atoms with E-state index in [9.17, 15) is 4.79 Å². The molecule has 1 aromatic rings. The second-order valence-electron chi connectivity index (χ2n) is 4.69. The molecule has 2 aliphatic rings. The van der Waals surface area contributed by atoms with Crippen LogP contribution >= 0.6 is 0 Å². The van der Waals surface area contributed by atoms with Crippen LogP contribution in [0.2, 0.25) is 0 Å². The average Bonchev–Trinajstić information content (AvgIpc) is 3.01. The Hall–Kier alpha value is -1.16. The molecule has 86 valence electrons. The van der Waals surface area contributed by atoms with Gasteiger partial charge < -0.3 is 4.74 Å². The van der Waals surface area contributed by atoms with Crippen molar-refractivity contribution < 1.29 is 4.74 Å². The molecule has 1 saturated heterocycles. The molecule has 0 amide bonds. The van der Waals surface area contributed by atoms with Crippen LogP contribution in [0.5, 0.6) is 0 Å².